The van der Waals surface area contributed by atoms with Crippen molar-refractivity contribution in [1.29, 1.82) is 0 Å². The highest BCUT2D eigenvalue weighted by Crippen LogP contribution is 2.23. The molecule has 0 bridgehead atoms. The standard InChI is InChI=1S/C14H12N2/c1-2-6-11(7-3-1)14-10-12-8-4-5-9-13(12)15-16-14/h1-2,4-6,8-10H,3,7H2. The van der Waals surface area contributed by atoms with Crippen molar-refractivity contribution in [2.75, 3.05) is 0 Å². The summed E-state index contributed by atoms with van der Waals surface area (Å²) in [6.07, 6.45) is 8.56. The van der Waals surface area contributed by atoms with Crippen LogP contribution in [0, 0.1) is 0 Å². The van der Waals surface area contributed by atoms with Gasteiger partial charge in [0.05, 0.1) is 11.2 Å². The number of aromatic nitrogens is 2. The van der Waals surface area contributed by atoms with Gasteiger partial charge in [0.25, 0.3) is 0 Å². The highest BCUT2D eigenvalue weighted by molar-refractivity contribution is 5.81. The number of rotatable bonds is 1. The van der Waals surface area contributed by atoms with Crippen molar-refractivity contribution in [3.8, 4) is 0 Å². The number of hydrogen-bond acceptors (Lipinski definition) is 2. The van der Waals surface area contributed by atoms with E-state index in [2.05, 4.69) is 40.6 Å². The van der Waals surface area contributed by atoms with Gasteiger partial charge in [-0.2, -0.15) is 5.10 Å². The van der Waals surface area contributed by atoms with Gasteiger partial charge in [-0.05, 0) is 30.5 Å². The summed E-state index contributed by atoms with van der Waals surface area (Å²) in [6.45, 7) is 0. The molecular formula is C14H12N2. The highest BCUT2D eigenvalue weighted by atomic mass is 15.1. The third-order valence-electron chi connectivity index (χ3n) is 2.84. The Hall–Kier alpha value is -1.96. The molecule has 2 heteroatoms. The lowest BCUT2D eigenvalue weighted by Crippen LogP contribution is -1.94. The fourth-order valence-corrected chi connectivity index (χ4v) is 1.96. The molecule has 2 aromatic rings. The maximum atomic E-state index is 4.28. The van der Waals surface area contributed by atoms with Crippen molar-refractivity contribution in [1.82, 2.24) is 10.2 Å². The van der Waals surface area contributed by atoms with E-state index in [-0.39, 0.29) is 0 Å². The first-order valence-corrected chi connectivity index (χ1v) is 5.52. The van der Waals surface area contributed by atoms with Crippen LogP contribution in [0.1, 0.15) is 18.5 Å². The Kier molecular flexibility index (Phi) is 2.26. The molecule has 2 nitrogen and oxygen atoms in total. The van der Waals surface area contributed by atoms with Crippen LogP contribution in [0.25, 0.3) is 16.5 Å². The van der Waals surface area contributed by atoms with E-state index in [1.807, 2.05) is 18.2 Å². The van der Waals surface area contributed by atoms with Crippen molar-refractivity contribution < 1.29 is 0 Å². The molecule has 0 fully saturated rings. The van der Waals surface area contributed by atoms with Gasteiger partial charge in [-0.3, -0.25) is 0 Å². The first-order chi connectivity index (χ1) is 7.93. The van der Waals surface area contributed by atoms with Crippen molar-refractivity contribution in [2.24, 2.45) is 0 Å². The molecule has 1 aliphatic carbocycles. The second kappa shape index (κ2) is 3.89. The van der Waals surface area contributed by atoms with Crippen LogP contribution in [0.2, 0.25) is 0 Å². The Morgan fingerprint density at radius 2 is 2.00 bits per heavy atom. The van der Waals surface area contributed by atoms with Gasteiger partial charge in [-0.25, -0.2) is 0 Å². The van der Waals surface area contributed by atoms with E-state index in [9.17, 15) is 0 Å². The molecule has 1 aromatic heterocycles. The van der Waals surface area contributed by atoms with E-state index in [4.69, 9.17) is 0 Å². The molecule has 0 saturated carbocycles. The van der Waals surface area contributed by atoms with E-state index >= 15 is 0 Å². The fraction of sp³-hybridized carbons (Fsp3) is 0.143. The zero-order valence-corrected chi connectivity index (χ0v) is 8.93. The third-order valence-corrected chi connectivity index (χ3v) is 2.84. The van der Waals surface area contributed by atoms with Gasteiger partial charge in [-0.15, -0.1) is 5.10 Å². The average molecular weight is 208 g/mol. The van der Waals surface area contributed by atoms with Gasteiger partial charge in [0.1, 0.15) is 0 Å². The number of nitrogens with zero attached hydrogens (tertiary/aromatic N) is 2. The molecule has 0 aliphatic heterocycles. The maximum Gasteiger partial charge on any atom is 0.0930 e. The smallest absolute Gasteiger partial charge is 0.0930 e. The second-order valence-electron chi connectivity index (χ2n) is 3.95. The molecule has 3 rings (SSSR count). The van der Waals surface area contributed by atoms with E-state index < -0.39 is 0 Å². The first kappa shape index (κ1) is 9.28. The zero-order valence-electron chi connectivity index (χ0n) is 8.93. The van der Waals surface area contributed by atoms with Crippen molar-refractivity contribution in [3.63, 3.8) is 0 Å². The summed E-state index contributed by atoms with van der Waals surface area (Å²) in [4.78, 5) is 0. The van der Waals surface area contributed by atoms with Gasteiger partial charge in [-0.1, -0.05) is 36.4 Å². The average Bonchev–Trinajstić information content (AvgIpc) is 2.39. The topological polar surface area (TPSA) is 25.8 Å². The molecule has 0 N–H and O–H groups in total. The predicted octanol–water partition coefficient (Wildman–Crippen LogP) is 3.36. The largest absolute Gasteiger partial charge is 0.150 e. The molecule has 0 spiro atoms. The number of hydrogen-bond donors (Lipinski definition) is 0. The Morgan fingerprint density at radius 3 is 2.88 bits per heavy atom. The van der Waals surface area contributed by atoms with Crippen LogP contribution in [0.15, 0.2) is 48.6 Å². The van der Waals surface area contributed by atoms with Crippen molar-refractivity contribution >= 4 is 16.5 Å². The Labute approximate surface area is 94.3 Å². The normalized spacial score (nSPS) is 15.1. The second-order valence-corrected chi connectivity index (χ2v) is 3.95. The Balaban J connectivity index is 2.11. The van der Waals surface area contributed by atoms with Crippen LogP contribution in [-0.2, 0) is 0 Å². The summed E-state index contributed by atoms with van der Waals surface area (Å²) in [5, 5.41) is 9.68. The highest BCUT2D eigenvalue weighted by Gasteiger charge is 2.06. The molecule has 0 amide bonds. The monoisotopic (exact) mass is 208 g/mol. The van der Waals surface area contributed by atoms with Gasteiger partial charge in [0.2, 0.25) is 0 Å². The molecule has 16 heavy (non-hydrogen) atoms. The number of allylic oxidation sites excluding steroid dienone is 4. The maximum absolute atomic E-state index is 4.28. The van der Waals surface area contributed by atoms with E-state index in [0.717, 1.165) is 29.4 Å². The van der Waals surface area contributed by atoms with Crippen molar-refractivity contribution in [2.45, 2.75) is 12.8 Å². The summed E-state index contributed by atoms with van der Waals surface area (Å²) in [5.41, 5.74) is 3.24. The van der Waals surface area contributed by atoms with Crippen LogP contribution in [-0.4, -0.2) is 10.2 Å². The molecule has 1 aromatic carbocycles. The van der Waals surface area contributed by atoms with Gasteiger partial charge in [0, 0.05) is 5.39 Å². The molecule has 0 saturated heterocycles. The van der Waals surface area contributed by atoms with Crippen LogP contribution < -0.4 is 0 Å². The summed E-state index contributed by atoms with van der Waals surface area (Å²) >= 11 is 0. The van der Waals surface area contributed by atoms with E-state index in [1.165, 1.54) is 5.57 Å². The summed E-state index contributed by atoms with van der Waals surface area (Å²) in [5.74, 6) is 0. The molecule has 1 heterocycles. The predicted molar refractivity (Wildman–Crippen MR) is 65.9 cm³/mol. The van der Waals surface area contributed by atoms with Crippen LogP contribution in [0.3, 0.4) is 0 Å². The Bertz CT molecular complexity index is 582. The van der Waals surface area contributed by atoms with Crippen LogP contribution >= 0.6 is 0 Å². The SMILES string of the molecule is C1=CCCC(c2cc3ccccc3nn2)=C1. The quantitative estimate of drug-likeness (QED) is 0.718. The molecule has 0 unspecified atom stereocenters. The lowest BCUT2D eigenvalue weighted by molar-refractivity contribution is 0.996. The summed E-state index contributed by atoms with van der Waals surface area (Å²) in [6, 6.07) is 10.2. The molecule has 0 atom stereocenters. The molecule has 1 aliphatic rings. The minimum absolute atomic E-state index is 0.957. The summed E-state index contributed by atoms with van der Waals surface area (Å²) < 4.78 is 0. The van der Waals surface area contributed by atoms with Gasteiger partial charge >= 0.3 is 0 Å². The van der Waals surface area contributed by atoms with Crippen molar-refractivity contribution in [3.05, 3.63) is 54.3 Å². The van der Waals surface area contributed by atoms with Gasteiger partial charge in [0.15, 0.2) is 0 Å². The number of benzene rings is 1. The minimum atomic E-state index is 0.957. The minimum Gasteiger partial charge on any atom is -0.150 e. The third kappa shape index (κ3) is 1.63. The van der Waals surface area contributed by atoms with Gasteiger partial charge < -0.3 is 0 Å². The lowest BCUT2D eigenvalue weighted by Gasteiger charge is -2.08. The Morgan fingerprint density at radius 1 is 1.06 bits per heavy atom. The lowest BCUT2D eigenvalue weighted by atomic mass is 10.0. The summed E-state index contributed by atoms with van der Waals surface area (Å²) in [7, 11) is 0. The first-order valence-electron chi connectivity index (χ1n) is 5.52. The van der Waals surface area contributed by atoms with Crippen LogP contribution in [0.4, 0.5) is 0 Å². The fourth-order valence-electron chi connectivity index (χ4n) is 1.96. The van der Waals surface area contributed by atoms with E-state index in [1.54, 1.807) is 0 Å². The zero-order chi connectivity index (χ0) is 10.8. The molecular weight excluding hydrogens is 196 g/mol. The van der Waals surface area contributed by atoms with Crippen LogP contribution in [0.5, 0.6) is 0 Å². The molecule has 78 valence electrons. The number of fused-ring (bicyclic) bond motifs is 1. The molecule has 0 radical (unpaired) electrons. The van der Waals surface area contributed by atoms with E-state index in [0.29, 0.717) is 0 Å².